The van der Waals surface area contributed by atoms with Crippen molar-refractivity contribution in [2.24, 2.45) is 5.92 Å². The predicted molar refractivity (Wildman–Crippen MR) is 74.3 cm³/mol. The van der Waals surface area contributed by atoms with E-state index in [0.717, 1.165) is 18.9 Å². The number of amides is 1. The Hall–Kier alpha value is -2.45. The van der Waals surface area contributed by atoms with Gasteiger partial charge in [-0.05, 0) is 37.8 Å². The van der Waals surface area contributed by atoms with Crippen LogP contribution in [0, 0.1) is 11.7 Å². The number of nitrogens with zero attached hydrogens (tertiary/aromatic N) is 2. The van der Waals surface area contributed by atoms with Crippen molar-refractivity contribution < 1.29 is 26.9 Å². The number of halogens is 4. The zero-order valence-corrected chi connectivity index (χ0v) is 12.5. The molecular weight excluding hydrogens is 330 g/mol. The quantitative estimate of drug-likeness (QED) is 0.864. The molecule has 1 aliphatic carbocycles. The number of carbonyl (C=O) groups is 1. The summed E-state index contributed by atoms with van der Waals surface area (Å²) < 4.78 is 55.5. The molecule has 1 aromatic carbocycles. The molecule has 0 bridgehead atoms. The molecule has 1 aromatic heterocycles. The first-order valence-corrected chi connectivity index (χ1v) is 7.27. The van der Waals surface area contributed by atoms with Gasteiger partial charge in [0.15, 0.2) is 0 Å². The second-order valence-electron chi connectivity index (χ2n) is 5.72. The number of aromatic nitrogens is 2. The van der Waals surface area contributed by atoms with Gasteiger partial charge in [0.2, 0.25) is 5.82 Å². The van der Waals surface area contributed by atoms with Crippen molar-refractivity contribution in [2.45, 2.75) is 32.0 Å². The highest BCUT2D eigenvalue weighted by Gasteiger charge is 2.38. The molecule has 1 unspecified atom stereocenters. The largest absolute Gasteiger partial charge is 0.471 e. The zero-order chi connectivity index (χ0) is 17.5. The molecule has 5 nitrogen and oxygen atoms in total. The highest BCUT2D eigenvalue weighted by Crippen LogP contribution is 2.32. The summed E-state index contributed by atoms with van der Waals surface area (Å²) >= 11 is 0. The predicted octanol–water partition coefficient (Wildman–Crippen LogP) is 3.42. The lowest BCUT2D eigenvalue weighted by atomic mass is 10.1. The first kappa shape index (κ1) is 16.4. The van der Waals surface area contributed by atoms with Crippen LogP contribution in [0.1, 0.15) is 36.0 Å². The molecule has 24 heavy (non-hydrogen) atoms. The van der Waals surface area contributed by atoms with Crippen LogP contribution in [0.15, 0.2) is 22.7 Å². The van der Waals surface area contributed by atoms with Crippen LogP contribution in [0.4, 0.5) is 17.6 Å². The highest BCUT2D eigenvalue weighted by atomic mass is 19.4. The summed E-state index contributed by atoms with van der Waals surface area (Å²) in [6, 6.07) is 3.30. The molecule has 1 saturated carbocycles. The van der Waals surface area contributed by atoms with Crippen LogP contribution in [0.3, 0.4) is 0 Å². The van der Waals surface area contributed by atoms with Crippen LogP contribution in [0.25, 0.3) is 11.4 Å². The molecule has 1 heterocycles. The second kappa shape index (κ2) is 5.88. The second-order valence-corrected chi connectivity index (χ2v) is 5.72. The molecule has 9 heteroatoms. The van der Waals surface area contributed by atoms with Crippen LogP contribution in [0.2, 0.25) is 0 Å². The summed E-state index contributed by atoms with van der Waals surface area (Å²) in [5.74, 6) is -2.94. The standard InChI is InChI=1S/C15H13F4N3O2/c1-7(8-2-3-8)20-13(23)10-5-4-9(6-11(10)16)12-21-14(24-22-12)15(17,18)19/h4-8H,2-3H2,1H3,(H,20,23). The van der Waals surface area contributed by atoms with Crippen LogP contribution in [0.5, 0.6) is 0 Å². The minimum atomic E-state index is -4.78. The molecule has 128 valence electrons. The molecule has 1 N–H and O–H groups in total. The molecule has 0 saturated heterocycles. The number of rotatable bonds is 4. The minimum Gasteiger partial charge on any atom is -0.349 e. The van der Waals surface area contributed by atoms with Crippen molar-refractivity contribution in [3.8, 4) is 11.4 Å². The summed E-state index contributed by atoms with van der Waals surface area (Å²) in [5, 5.41) is 5.88. The Labute approximate surface area is 134 Å². The third-order valence-electron chi connectivity index (χ3n) is 3.83. The van der Waals surface area contributed by atoms with Gasteiger partial charge in [-0.1, -0.05) is 11.2 Å². The maximum Gasteiger partial charge on any atom is 0.471 e. The summed E-state index contributed by atoms with van der Waals surface area (Å²) in [7, 11) is 0. The Morgan fingerprint density at radius 1 is 1.38 bits per heavy atom. The average molecular weight is 343 g/mol. The lowest BCUT2D eigenvalue weighted by Gasteiger charge is -2.13. The van der Waals surface area contributed by atoms with E-state index in [1.54, 1.807) is 0 Å². The number of carbonyl (C=O) groups excluding carboxylic acids is 1. The molecule has 1 amide bonds. The average Bonchev–Trinajstić information content (AvgIpc) is 3.22. The van der Waals surface area contributed by atoms with E-state index in [2.05, 4.69) is 20.0 Å². The Balaban J connectivity index is 1.79. The van der Waals surface area contributed by atoms with Gasteiger partial charge in [-0.25, -0.2) is 4.39 Å². The molecule has 1 aliphatic rings. The number of nitrogens with one attached hydrogen (secondary N) is 1. The van der Waals surface area contributed by atoms with E-state index in [4.69, 9.17) is 0 Å². The van der Waals surface area contributed by atoms with Crippen molar-refractivity contribution in [1.82, 2.24) is 15.5 Å². The Morgan fingerprint density at radius 3 is 2.62 bits per heavy atom. The van der Waals surface area contributed by atoms with Crippen LogP contribution < -0.4 is 5.32 Å². The molecule has 0 spiro atoms. The lowest BCUT2D eigenvalue weighted by Crippen LogP contribution is -2.34. The van der Waals surface area contributed by atoms with E-state index in [0.29, 0.717) is 5.92 Å². The number of alkyl halides is 3. The van der Waals surface area contributed by atoms with Gasteiger partial charge in [0.25, 0.3) is 5.91 Å². The fourth-order valence-electron chi connectivity index (χ4n) is 2.29. The van der Waals surface area contributed by atoms with E-state index in [-0.39, 0.29) is 17.2 Å². The summed E-state index contributed by atoms with van der Waals surface area (Å²) in [5.41, 5.74) is -0.204. The summed E-state index contributed by atoms with van der Waals surface area (Å²) in [6.45, 7) is 1.85. The lowest BCUT2D eigenvalue weighted by molar-refractivity contribution is -0.159. The Kier molecular flexibility index (Phi) is 4.02. The number of hydrogen-bond donors (Lipinski definition) is 1. The van der Waals surface area contributed by atoms with Crippen LogP contribution in [-0.2, 0) is 6.18 Å². The highest BCUT2D eigenvalue weighted by molar-refractivity contribution is 5.95. The Morgan fingerprint density at radius 2 is 2.08 bits per heavy atom. The Bertz CT molecular complexity index is 768. The summed E-state index contributed by atoms with van der Waals surface area (Å²) in [6.07, 6.45) is -2.72. The van der Waals surface area contributed by atoms with Gasteiger partial charge in [0.05, 0.1) is 5.56 Å². The van der Waals surface area contributed by atoms with Crippen molar-refractivity contribution >= 4 is 5.91 Å². The first-order chi connectivity index (χ1) is 11.3. The third-order valence-corrected chi connectivity index (χ3v) is 3.83. The molecule has 3 rings (SSSR count). The van der Waals surface area contributed by atoms with E-state index in [9.17, 15) is 22.4 Å². The van der Waals surface area contributed by atoms with E-state index >= 15 is 0 Å². The number of benzene rings is 1. The monoisotopic (exact) mass is 343 g/mol. The topological polar surface area (TPSA) is 68.0 Å². The maximum atomic E-state index is 14.1. The first-order valence-electron chi connectivity index (χ1n) is 7.27. The van der Waals surface area contributed by atoms with Gasteiger partial charge in [-0.15, -0.1) is 0 Å². The van der Waals surface area contributed by atoms with E-state index in [1.165, 1.54) is 12.1 Å². The maximum absolute atomic E-state index is 14.1. The van der Waals surface area contributed by atoms with Gasteiger partial charge in [0, 0.05) is 11.6 Å². The molecule has 2 aromatic rings. The fourth-order valence-corrected chi connectivity index (χ4v) is 2.29. The van der Waals surface area contributed by atoms with Gasteiger partial charge in [-0.3, -0.25) is 4.79 Å². The van der Waals surface area contributed by atoms with Crippen LogP contribution >= 0.6 is 0 Å². The van der Waals surface area contributed by atoms with E-state index < -0.39 is 29.6 Å². The van der Waals surface area contributed by atoms with Crippen LogP contribution in [-0.4, -0.2) is 22.1 Å². The molecule has 1 atom stereocenters. The van der Waals surface area contributed by atoms with Gasteiger partial charge < -0.3 is 9.84 Å². The zero-order valence-electron chi connectivity index (χ0n) is 12.5. The molecule has 1 fully saturated rings. The smallest absolute Gasteiger partial charge is 0.349 e. The SMILES string of the molecule is CC(NC(=O)c1ccc(-c2noc(C(F)(F)F)n2)cc1F)C1CC1. The van der Waals surface area contributed by atoms with Gasteiger partial charge >= 0.3 is 12.1 Å². The van der Waals surface area contributed by atoms with Gasteiger partial charge in [0.1, 0.15) is 5.82 Å². The molecular formula is C15H13F4N3O2. The normalized spacial score (nSPS) is 16.0. The summed E-state index contributed by atoms with van der Waals surface area (Å²) in [4.78, 5) is 15.2. The number of hydrogen-bond acceptors (Lipinski definition) is 4. The van der Waals surface area contributed by atoms with Gasteiger partial charge in [-0.2, -0.15) is 18.2 Å². The van der Waals surface area contributed by atoms with Crippen molar-refractivity contribution in [1.29, 1.82) is 0 Å². The molecule has 0 radical (unpaired) electrons. The molecule has 0 aliphatic heterocycles. The minimum absolute atomic E-state index is 0.0152. The van der Waals surface area contributed by atoms with E-state index in [1.807, 2.05) is 6.92 Å². The third kappa shape index (κ3) is 3.39. The van der Waals surface area contributed by atoms with Crippen molar-refractivity contribution in [3.05, 3.63) is 35.5 Å². The fraction of sp³-hybridized carbons (Fsp3) is 0.400. The van der Waals surface area contributed by atoms with Crippen molar-refractivity contribution in [3.63, 3.8) is 0 Å². The van der Waals surface area contributed by atoms with Crippen molar-refractivity contribution in [2.75, 3.05) is 0 Å².